The van der Waals surface area contributed by atoms with E-state index >= 15 is 0 Å². The molecule has 252 valence electrons. The number of nitrogens with zero attached hydrogens (tertiary/aromatic N) is 2. The van der Waals surface area contributed by atoms with Gasteiger partial charge in [0.15, 0.2) is 5.71 Å². The Kier molecular flexibility index (Phi) is 12.2. The molecule has 0 spiro atoms. The van der Waals surface area contributed by atoms with Crippen molar-refractivity contribution in [2.45, 2.75) is 64.2 Å². The Morgan fingerprint density at radius 3 is 2.38 bits per heavy atom. The number of unbranched alkanes of at least 4 members (excludes halogenated alkanes) is 2. The normalized spacial score (nSPS) is 20.4. The van der Waals surface area contributed by atoms with Crippen LogP contribution in [0.3, 0.4) is 0 Å². The standard InChI is InChI=1S/C37H44I2N2O3S3/c1-36(2)30-22-28(38)11-13-32(30)40(17-5-7-19-45)34(36)15-9-26-21-27(25-46-24-26)10-16-35-37(3,4)31-23-29(39)12-14-33(31)41(35)18-6-8-20-47(42,43)44/h9-16,21-23H,5-8,17-20,24-25H2,1-4H3,(H-,42,43,44,45)/p+1. The molecule has 0 bridgehead atoms. The zero-order valence-corrected chi connectivity index (χ0v) is 34.4. The number of hydrogen-bond acceptors (Lipinski definition) is 5. The number of benzene rings is 2. The van der Waals surface area contributed by atoms with Crippen molar-refractivity contribution in [3.05, 3.63) is 102 Å². The average molecular weight is 916 g/mol. The van der Waals surface area contributed by atoms with Gasteiger partial charge in [0.1, 0.15) is 6.54 Å². The largest absolute Gasteiger partial charge is 0.344 e. The molecule has 0 amide bonds. The molecule has 0 radical (unpaired) electrons. The molecule has 0 saturated carbocycles. The van der Waals surface area contributed by atoms with Gasteiger partial charge in [0, 0.05) is 66.1 Å². The minimum atomic E-state index is -3.96. The van der Waals surface area contributed by atoms with Gasteiger partial charge < -0.3 is 4.90 Å². The quantitative estimate of drug-likeness (QED) is 0.0731. The summed E-state index contributed by atoms with van der Waals surface area (Å²) in [5.74, 6) is 2.65. The molecule has 2 aromatic rings. The Labute approximate surface area is 318 Å². The lowest BCUT2D eigenvalue weighted by atomic mass is 9.81. The summed E-state index contributed by atoms with van der Waals surface area (Å²) < 4.78 is 36.9. The molecule has 3 heterocycles. The first kappa shape index (κ1) is 37.2. The summed E-state index contributed by atoms with van der Waals surface area (Å²) in [6.07, 6.45) is 14.9. The van der Waals surface area contributed by atoms with E-state index in [1.807, 2.05) is 11.8 Å². The summed E-state index contributed by atoms with van der Waals surface area (Å²) in [6.45, 7) is 10.9. The molecule has 5 nitrogen and oxygen atoms in total. The number of anilines is 1. The molecule has 3 aliphatic rings. The predicted molar refractivity (Wildman–Crippen MR) is 221 cm³/mol. The van der Waals surface area contributed by atoms with E-state index in [-0.39, 0.29) is 16.6 Å². The van der Waals surface area contributed by atoms with Crippen LogP contribution in [-0.2, 0) is 20.9 Å². The summed E-state index contributed by atoms with van der Waals surface area (Å²) >= 11 is 11.2. The van der Waals surface area contributed by atoms with Crippen LogP contribution in [0.15, 0.2) is 83.6 Å². The fraction of sp³-hybridized carbons (Fsp3) is 0.432. The van der Waals surface area contributed by atoms with Crippen molar-refractivity contribution in [2.24, 2.45) is 0 Å². The third kappa shape index (κ3) is 8.64. The van der Waals surface area contributed by atoms with E-state index in [2.05, 4.69) is 162 Å². The molecule has 5 rings (SSSR count). The highest BCUT2D eigenvalue weighted by Crippen LogP contribution is 2.48. The van der Waals surface area contributed by atoms with Crippen molar-refractivity contribution in [1.29, 1.82) is 0 Å². The Bertz CT molecular complexity index is 1790. The molecule has 0 aliphatic carbocycles. The number of thiol groups is 1. The van der Waals surface area contributed by atoms with Crippen LogP contribution in [0.4, 0.5) is 11.4 Å². The Hall–Kier alpha value is -1.06. The van der Waals surface area contributed by atoms with E-state index in [0.29, 0.717) is 19.4 Å². The number of rotatable bonds is 12. The molecule has 0 unspecified atom stereocenters. The van der Waals surface area contributed by atoms with E-state index in [4.69, 9.17) is 0 Å². The number of hydrogen-bond donors (Lipinski definition) is 2. The summed E-state index contributed by atoms with van der Waals surface area (Å²) in [5, 5.41) is 0. The highest BCUT2D eigenvalue weighted by molar-refractivity contribution is 14.1. The van der Waals surface area contributed by atoms with Gasteiger partial charge in [-0.15, -0.1) is 0 Å². The van der Waals surface area contributed by atoms with Crippen LogP contribution in [0.5, 0.6) is 0 Å². The van der Waals surface area contributed by atoms with Crippen LogP contribution >= 0.6 is 69.6 Å². The van der Waals surface area contributed by atoms with Crippen molar-refractivity contribution in [3.8, 4) is 0 Å². The molecule has 47 heavy (non-hydrogen) atoms. The molecule has 0 atom stereocenters. The second-order valence-electron chi connectivity index (χ2n) is 13.5. The van der Waals surface area contributed by atoms with Crippen molar-refractivity contribution in [3.63, 3.8) is 0 Å². The highest BCUT2D eigenvalue weighted by atomic mass is 127. The van der Waals surface area contributed by atoms with Crippen LogP contribution in [0.25, 0.3) is 0 Å². The first-order chi connectivity index (χ1) is 22.2. The smallest absolute Gasteiger partial charge is 0.264 e. The molecule has 10 heteroatoms. The molecular formula is C37H45I2N2O3S3+. The fourth-order valence-electron chi connectivity index (χ4n) is 6.89. The Balaban J connectivity index is 1.43. The zero-order chi connectivity index (χ0) is 34.0. The third-order valence-electron chi connectivity index (χ3n) is 9.35. The topological polar surface area (TPSA) is 60.6 Å². The van der Waals surface area contributed by atoms with E-state index < -0.39 is 10.1 Å². The van der Waals surface area contributed by atoms with Gasteiger partial charge >= 0.3 is 0 Å². The fourth-order valence-corrected chi connectivity index (χ4v) is 9.59. The monoisotopic (exact) mass is 915 g/mol. The first-order valence-electron chi connectivity index (χ1n) is 16.2. The summed E-state index contributed by atoms with van der Waals surface area (Å²) in [4.78, 5) is 2.34. The van der Waals surface area contributed by atoms with Gasteiger partial charge in [-0.25, -0.2) is 0 Å². The van der Waals surface area contributed by atoms with Gasteiger partial charge in [-0.2, -0.15) is 37.4 Å². The lowest BCUT2D eigenvalue weighted by Crippen LogP contribution is -2.28. The van der Waals surface area contributed by atoms with Crippen molar-refractivity contribution < 1.29 is 17.5 Å². The third-order valence-corrected chi connectivity index (χ3v) is 12.9. The molecule has 2 aromatic carbocycles. The average Bonchev–Trinajstić information content (AvgIpc) is 3.34. The zero-order valence-electron chi connectivity index (χ0n) is 27.6. The SMILES string of the molecule is CC1(C)C(/C=C/C2=CC(=C/C=C3/N(CCCCS(=O)(=O)O)c4ccc(I)cc4C3(C)C)/CSC2)=[N+](CCCCS)c2ccc(I)cc21. The maximum atomic E-state index is 11.3. The molecule has 0 fully saturated rings. The molecule has 0 aromatic heterocycles. The molecule has 1 N–H and O–H groups in total. The van der Waals surface area contributed by atoms with Crippen LogP contribution in [0, 0.1) is 7.14 Å². The Morgan fingerprint density at radius 2 is 1.66 bits per heavy atom. The van der Waals surface area contributed by atoms with Crippen LogP contribution < -0.4 is 4.90 Å². The number of fused-ring (bicyclic) bond motifs is 2. The second-order valence-corrected chi connectivity index (χ2v) is 19.0. The maximum Gasteiger partial charge on any atom is 0.264 e. The van der Waals surface area contributed by atoms with Crippen LogP contribution in [0.1, 0.15) is 64.5 Å². The predicted octanol–water partition coefficient (Wildman–Crippen LogP) is 9.49. The van der Waals surface area contributed by atoms with Crippen LogP contribution in [0.2, 0.25) is 0 Å². The summed E-state index contributed by atoms with van der Waals surface area (Å²) in [5.41, 5.74) is 10.1. The second kappa shape index (κ2) is 15.4. The lowest BCUT2D eigenvalue weighted by Gasteiger charge is -2.27. The van der Waals surface area contributed by atoms with E-state index in [1.54, 1.807) is 0 Å². The van der Waals surface area contributed by atoms with Crippen molar-refractivity contribution >= 4 is 96.8 Å². The van der Waals surface area contributed by atoms with Gasteiger partial charge in [0.2, 0.25) is 5.69 Å². The number of allylic oxidation sites excluding steroid dienone is 6. The van der Waals surface area contributed by atoms with Gasteiger partial charge in [0.25, 0.3) is 10.1 Å². The van der Waals surface area contributed by atoms with Crippen LogP contribution in [-0.4, -0.2) is 59.4 Å². The van der Waals surface area contributed by atoms with E-state index in [9.17, 15) is 13.0 Å². The van der Waals surface area contributed by atoms with E-state index in [1.165, 1.54) is 52.2 Å². The van der Waals surface area contributed by atoms with Gasteiger partial charge in [0.05, 0.1) is 11.2 Å². The van der Waals surface area contributed by atoms with Crippen molar-refractivity contribution in [2.75, 3.05) is 41.0 Å². The minimum absolute atomic E-state index is 0.0782. The lowest BCUT2D eigenvalue weighted by molar-refractivity contribution is -0.438. The number of thioether (sulfide) groups is 1. The first-order valence-corrected chi connectivity index (χ1v) is 21.7. The summed E-state index contributed by atoms with van der Waals surface area (Å²) in [6, 6.07) is 13.4. The summed E-state index contributed by atoms with van der Waals surface area (Å²) in [7, 11) is -3.96. The van der Waals surface area contributed by atoms with E-state index in [0.717, 1.165) is 36.6 Å². The molecule has 0 saturated heterocycles. The molecule has 3 aliphatic heterocycles. The van der Waals surface area contributed by atoms with Gasteiger partial charge in [-0.3, -0.25) is 4.55 Å². The Morgan fingerprint density at radius 1 is 0.936 bits per heavy atom. The minimum Gasteiger partial charge on any atom is -0.344 e. The number of halogens is 2. The van der Waals surface area contributed by atoms with Crippen molar-refractivity contribution in [1.82, 2.24) is 0 Å². The van der Waals surface area contributed by atoms with Gasteiger partial charge in [-0.05, 0) is 137 Å². The highest BCUT2D eigenvalue weighted by Gasteiger charge is 2.44. The van der Waals surface area contributed by atoms with Gasteiger partial charge in [-0.1, -0.05) is 32.1 Å². The maximum absolute atomic E-state index is 11.3. The molecular weight excluding hydrogens is 870 g/mol.